The van der Waals surface area contributed by atoms with Crippen molar-refractivity contribution in [2.24, 2.45) is 5.92 Å². The van der Waals surface area contributed by atoms with Gasteiger partial charge in [-0.05, 0) is 67.2 Å². The molecule has 1 saturated heterocycles. The van der Waals surface area contributed by atoms with Gasteiger partial charge in [0.25, 0.3) is 5.91 Å². The summed E-state index contributed by atoms with van der Waals surface area (Å²) in [4.78, 5) is 20.9. The number of allylic oxidation sites excluding steroid dienone is 1. The second-order valence-electron chi connectivity index (χ2n) is 9.19. The number of amides is 1. The van der Waals surface area contributed by atoms with E-state index in [-0.39, 0.29) is 12.7 Å². The van der Waals surface area contributed by atoms with Crippen LogP contribution in [0.1, 0.15) is 46.9 Å². The molecule has 0 bridgehead atoms. The molecule has 6 rings (SSSR count). The lowest BCUT2D eigenvalue weighted by Gasteiger charge is -2.25. The van der Waals surface area contributed by atoms with E-state index in [0.29, 0.717) is 12.5 Å². The molecule has 2 aromatic carbocycles. The first-order valence-corrected chi connectivity index (χ1v) is 12.1. The summed E-state index contributed by atoms with van der Waals surface area (Å²) < 4.78 is 16.6. The summed E-state index contributed by atoms with van der Waals surface area (Å²) in [5.74, 6) is 2.06. The molecule has 1 aliphatic carbocycles. The molecule has 1 aromatic heterocycles. The molecule has 2 aliphatic heterocycles. The highest BCUT2D eigenvalue weighted by atomic mass is 16.7. The summed E-state index contributed by atoms with van der Waals surface area (Å²) in [6.45, 7) is 5.26. The number of hydrogen-bond acceptors (Lipinski definition) is 5. The van der Waals surface area contributed by atoms with E-state index < -0.39 is 0 Å². The van der Waals surface area contributed by atoms with E-state index in [4.69, 9.17) is 19.2 Å². The highest BCUT2D eigenvalue weighted by Crippen LogP contribution is 2.39. The third-order valence-corrected chi connectivity index (χ3v) is 7.06. The quantitative estimate of drug-likeness (QED) is 0.544. The Morgan fingerprint density at radius 3 is 2.88 bits per heavy atom. The number of rotatable bonds is 5. The maximum atomic E-state index is 13.9. The van der Waals surface area contributed by atoms with Crippen molar-refractivity contribution >= 4 is 28.5 Å². The molecule has 0 saturated carbocycles. The summed E-state index contributed by atoms with van der Waals surface area (Å²) in [6, 6.07) is 14.0. The number of nitrogens with zero attached hydrogens (tertiary/aromatic N) is 2. The first kappa shape index (κ1) is 21.2. The molecule has 174 valence electrons. The highest BCUT2D eigenvalue weighted by molar-refractivity contribution is 6.09. The van der Waals surface area contributed by atoms with E-state index in [1.165, 1.54) is 0 Å². The smallest absolute Gasteiger partial charge is 0.254 e. The van der Waals surface area contributed by atoms with Crippen molar-refractivity contribution in [3.63, 3.8) is 0 Å². The Bertz CT molecular complexity index is 1290. The van der Waals surface area contributed by atoms with Crippen molar-refractivity contribution in [3.05, 3.63) is 64.8 Å². The van der Waals surface area contributed by atoms with Crippen molar-refractivity contribution in [2.45, 2.75) is 26.2 Å². The molecule has 6 heteroatoms. The molecule has 0 spiro atoms. The van der Waals surface area contributed by atoms with E-state index in [1.807, 2.05) is 47.4 Å². The minimum absolute atomic E-state index is 0.105. The van der Waals surface area contributed by atoms with Crippen LogP contribution in [0, 0.1) is 5.92 Å². The second kappa shape index (κ2) is 8.76. The van der Waals surface area contributed by atoms with Gasteiger partial charge >= 0.3 is 0 Å². The topological polar surface area (TPSA) is 60.9 Å². The second-order valence-corrected chi connectivity index (χ2v) is 9.19. The average molecular weight is 457 g/mol. The van der Waals surface area contributed by atoms with Crippen molar-refractivity contribution in [3.8, 4) is 11.5 Å². The van der Waals surface area contributed by atoms with Gasteiger partial charge in [0, 0.05) is 31.0 Å². The highest BCUT2D eigenvalue weighted by Gasteiger charge is 2.30. The number of aromatic nitrogens is 1. The Labute approximate surface area is 199 Å². The standard InChI is InChI=1S/C28H28N2O4/c1-2-30(15-19-11-12-32-16-19)28(31)26-21-5-3-4-6-23(21)29-27-20(8-9-22(26)27)13-18-7-10-24-25(14-18)34-17-33-24/h3-7,10,13-14,19H,2,8-9,11-12,15-17H2,1H3/b20-13-. The molecule has 3 aliphatic rings. The molecule has 0 N–H and O–H groups in total. The zero-order chi connectivity index (χ0) is 23.1. The molecule has 3 aromatic rings. The Kier molecular flexibility index (Phi) is 5.46. The van der Waals surface area contributed by atoms with Crippen LogP contribution in [0.2, 0.25) is 0 Å². The number of pyridine rings is 1. The minimum Gasteiger partial charge on any atom is -0.454 e. The number of carbonyl (C=O) groups excluding carboxylic acids is 1. The Balaban J connectivity index is 1.42. The largest absolute Gasteiger partial charge is 0.454 e. The van der Waals surface area contributed by atoms with Gasteiger partial charge in [0.2, 0.25) is 6.79 Å². The summed E-state index contributed by atoms with van der Waals surface area (Å²) in [5.41, 5.74) is 5.89. The Hall–Kier alpha value is -3.38. The molecule has 1 unspecified atom stereocenters. The third kappa shape index (κ3) is 3.72. The lowest BCUT2D eigenvalue weighted by atomic mass is 9.98. The van der Waals surface area contributed by atoms with Gasteiger partial charge in [-0.25, -0.2) is 4.98 Å². The van der Waals surface area contributed by atoms with Crippen LogP contribution >= 0.6 is 0 Å². The molecule has 34 heavy (non-hydrogen) atoms. The van der Waals surface area contributed by atoms with Crippen LogP contribution in [-0.2, 0) is 11.2 Å². The van der Waals surface area contributed by atoms with Crippen LogP contribution < -0.4 is 9.47 Å². The molecular formula is C28H28N2O4. The van der Waals surface area contributed by atoms with Crippen LogP contribution in [0.5, 0.6) is 11.5 Å². The number of para-hydroxylation sites is 1. The molecule has 1 fully saturated rings. The fourth-order valence-corrected chi connectivity index (χ4v) is 5.28. The third-order valence-electron chi connectivity index (χ3n) is 7.06. The summed E-state index contributed by atoms with van der Waals surface area (Å²) in [6.07, 6.45) is 4.85. The maximum Gasteiger partial charge on any atom is 0.254 e. The SMILES string of the molecule is CCN(CC1CCOC1)C(=O)c1c2c(nc3ccccc13)/C(=C\c1ccc3c(c1)OCO3)CC2. The maximum absolute atomic E-state index is 13.9. The van der Waals surface area contributed by atoms with Crippen LogP contribution in [0.4, 0.5) is 0 Å². The van der Waals surface area contributed by atoms with Gasteiger partial charge in [-0.3, -0.25) is 4.79 Å². The first-order chi connectivity index (χ1) is 16.7. The van der Waals surface area contributed by atoms with E-state index in [9.17, 15) is 4.79 Å². The van der Waals surface area contributed by atoms with Gasteiger partial charge < -0.3 is 19.1 Å². The van der Waals surface area contributed by atoms with Crippen molar-refractivity contribution in [1.29, 1.82) is 0 Å². The molecular weight excluding hydrogens is 428 g/mol. The number of ether oxygens (including phenoxy) is 3. The molecule has 0 radical (unpaired) electrons. The van der Waals surface area contributed by atoms with Crippen molar-refractivity contribution in [1.82, 2.24) is 9.88 Å². The monoisotopic (exact) mass is 456 g/mol. The van der Waals surface area contributed by atoms with Crippen molar-refractivity contribution in [2.75, 3.05) is 33.1 Å². The molecule has 3 heterocycles. The van der Waals surface area contributed by atoms with Crippen LogP contribution in [-0.4, -0.2) is 48.9 Å². The van der Waals surface area contributed by atoms with E-state index in [2.05, 4.69) is 13.0 Å². The van der Waals surface area contributed by atoms with E-state index >= 15 is 0 Å². The number of hydrogen-bond donors (Lipinski definition) is 0. The molecule has 1 amide bonds. The Morgan fingerprint density at radius 2 is 2.03 bits per heavy atom. The summed E-state index contributed by atoms with van der Waals surface area (Å²) >= 11 is 0. The van der Waals surface area contributed by atoms with Gasteiger partial charge in [0.1, 0.15) is 0 Å². The fourth-order valence-electron chi connectivity index (χ4n) is 5.28. The van der Waals surface area contributed by atoms with Crippen LogP contribution in [0.15, 0.2) is 42.5 Å². The summed E-state index contributed by atoms with van der Waals surface area (Å²) in [7, 11) is 0. The van der Waals surface area contributed by atoms with Crippen LogP contribution in [0.3, 0.4) is 0 Å². The predicted molar refractivity (Wildman–Crippen MR) is 131 cm³/mol. The zero-order valence-electron chi connectivity index (χ0n) is 19.4. The summed E-state index contributed by atoms with van der Waals surface area (Å²) in [5, 5.41) is 0.941. The number of carbonyl (C=O) groups is 1. The van der Waals surface area contributed by atoms with E-state index in [1.54, 1.807) is 0 Å². The predicted octanol–water partition coefficient (Wildman–Crippen LogP) is 4.95. The van der Waals surface area contributed by atoms with Crippen molar-refractivity contribution < 1.29 is 19.0 Å². The first-order valence-electron chi connectivity index (χ1n) is 12.1. The molecule has 1 atom stereocenters. The zero-order valence-corrected chi connectivity index (χ0v) is 19.4. The Morgan fingerprint density at radius 1 is 1.15 bits per heavy atom. The molecule has 6 nitrogen and oxygen atoms in total. The number of fused-ring (bicyclic) bond motifs is 3. The van der Waals surface area contributed by atoms with Gasteiger partial charge in [0.15, 0.2) is 11.5 Å². The van der Waals surface area contributed by atoms with Gasteiger partial charge in [-0.1, -0.05) is 24.3 Å². The van der Waals surface area contributed by atoms with Gasteiger partial charge in [-0.2, -0.15) is 0 Å². The van der Waals surface area contributed by atoms with Gasteiger partial charge in [0.05, 0.1) is 23.4 Å². The van der Waals surface area contributed by atoms with E-state index in [0.717, 1.165) is 89.4 Å². The van der Waals surface area contributed by atoms with Gasteiger partial charge in [-0.15, -0.1) is 0 Å². The lowest BCUT2D eigenvalue weighted by Crippen LogP contribution is -2.36. The number of benzene rings is 2. The fraction of sp³-hybridized carbons (Fsp3) is 0.357. The normalized spacial score (nSPS) is 19.7. The minimum atomic E-state index is 0.105. The lowest BCUT2D eigenvalue weighted by molar-refractivity contribution is 0.0731. The van der Waals surface area contributed by atoms with Crippen LogP contribution in [0.25, 0.3) is 22.6 Å². The average Bonchev–Trinajstić information content (AvgIpc) is 3.62.